The number of amides is 2. The van der Waals surface area contributed by atoms with Gasteiger partial charge in [0.25, 0.3) is 0 Å². The molecule has 2 saturated heterocycles. The lowest BCUT2D eigenvalue weighted by atomic mass is 9.76. The number of hydrogen-bond donors (Lipinski definition) is 0. The number of hydrogen-bond acceptors (Lipinski definition) is 5. The van der Waals surface area contributed by atoms with Crippen molar-refractivity contribution in [1.29, 1.82) is 0 Å². The van der Waals surface area contributed by atoms with Gasteiger partial charge in [0.05, 0.1) is 37.2 Å². The minimum Gasteiger partial charge on any atom is -0.360 e. The molecular formula is C22H23N3O4. The number of benzene rings is 1. The number of aryl methyl sites for hydroxylation is 2. The van der Waals surface area contributed by atoms with E-state index in [0.29, 0.717) is 18.8 Å². The molecule has 7 nitrogen and oxygen atoms in total. The van der Waals surface area contributed by atoms with Crippen LogP contribution in [0.15, 0.2) is 47.1 Å². The van der Waals surface area contributed by atoms with Gasteiger partial charge in [0.1, 0.15) is 5.60 Å². The van der Waals surface area contributed by atoms with Crippen LogP contribution in [0, 0.1) is 25.7 Å². The van der Waals surface area contributed by atoms with Crippen molar-refractivity contribution in [3.63, 3.8) is 0 Å². The Morgan fingerprint density at radius 1 is 1.31 bits per heavy atom. The van der Waals surface area contributed by atoms with Gasteiger partial charge in [-0.2, -0.15) is 0 Å². The first kappa shape index (κ1) is 18.1. The van der Waals surface area contributed by atoms with E-state index >= 15 is 0 Å². The van der Waals surface area contributed by atoms with E-state index in [9.17, 15) is 9.59 Å². The molecule has 4 atom stereocenters. The Balaban J connectivity index is 1.43. The number of anilines is 1. The molecule has 1 aromatic carbocycles. The fourth-order valence-electron chi connectivity index (χ4n) is 4.78. The molecule has 3 aliphatic heterocycles. The number of fused-ring (bicyclic) bond motifs is 1. The summed E-state index contributed by atoms with van der Waals surface area (Å²) in [5.41, 5.74) is 2.43. The lowest BCUT2D eigenvalue weighted by Gasteiger charge is -2.27. The first-order chi connectivity index (χ1) is 13.9. The average Bonchev–Trinajstić information content (AvgIpc) is 3.46. The molecule has 150 valence electrons. The second-order valence-corrected chi connectivity index (χ2v) is 8.27. The molecule has 2 bridgehead atoms. The first-order valence-corrected chi connectivity index (χ1v) is 9.80. The van der Waals surface area contributed by atoms with E-state index in [1.54, 1.807) is 29.1 Å². The number of ether oxygens (including phenoxy) is 1. The van der Waals surface area contributed by atoms with Gasteiger partial charge in [0.2, 0.25) is 11.8 Å². The van der Waals surface area contributed by atoms with Crippen molar-refractivity contribution in [3.8, 4) is 0 Å². The standard InChI is InChI=1S/C22H23N3O4/c1-13-4-5-15(10-14(13)2)25-12-22-8-6-17(28-22)18(19(22)21(25)27)20(26)24(3)11-16-7-9-23-29-16/h4-10,17-19H,11-12H2,1-3H3/t17-,18-,19-,22-/m0/s1. The number of carbonyl (C=O) groups is 2. The Hall–Kier alpha value is -2.93. The molecule has 0 radical (unpaired) electrons. The van der Waals surface area contributed by atoms with Crippen molar-refractivity contribution in [2.75, 3.05) is 18.5 Å². The Kier molecular flexibility index (Phi) is 3.93. The van der Waals surface area contributed by atoms with Crippen LogP contribution in [0.25, 0.3) is 0 Å². The molecule has 2 aromatic rings. The monoisotopic (exact) mass is 393 g/mol. The van der Waals surface area contributed by atoms with E-state index < -0.39 is 17.4 Å². The van der Waals surface area contributed by atoms with Crippen LogP contribution in [0.1, 0.15) is 16.9 Å². The predicted molar refractivity (Wildman–Crippen MR) is 105 cm³/mol. The summed E-state index contributed by atoms with van der Waals surface area (Å²) >= 11 is 0. The summed E-state index contributed by atoms with van der Waals surface area (Å²) in [5.74, 6) is -0.602. The second kappa shape index (κ2) is 6.29. The zero-order valence-corrected chi connectivity index (χ0v) is 16.7. The molecule has 3 aliphatic rings. The number of rotatable bonds is 4. The van der Waals surface area contributed by atoms with Gasteiger partial charge >= 0.3 is 0 Å². The van der Waals surface area contributed by atoms with E-state index in [2.05, 4.69) is 5.16 Å². The highest BCUT2D eigenvalue weighted by Gasteiger charge is 2.67. The van der Waals surface area contributed by atoms with Crippen LogP contribution in [0.2, 0.25) is 0 Å². The van der Waals surface area contributed by atoms with Gasteiger partial charge in [-0.15, -0.1) is 0 Å². The number of aromatic nitrogens is 1. The normalized spacial score (nSPS) is 29.6. The Bertz CT molecular complexity index is 1020. The van der Waals surface area contributed by atoms with Crippen molar-refractivity contribution >= 4 is 17.5 Å². The molecule has 7 heteroatoms. The lowest BCUT2D eigenvalue weighted by molar-refractivity contribution is -0.139. The third-order valence-corrected chi connectivity index (χ3v) is 6.45. The van der Waals surface area contributed by atoms with Gasteiger partial charge in [-0.05, 0) is 37.1 Å². The predicted octanol–water partition coefficient (Wildman–Crippen LogP) is 2.24. The molecule has 1 spiro atoms. The molecule has 5 rings (SSSR count). The van der Waals surface area contributed by atoms with E-state index in [4.69, 9.17) is 9.26 Å². The van der Waals surface area contributed by atoms with Crippen molar-refractivity contribution in [2.45, 2.75) is 32.1 Å². The Labute approximate surface area is 168 Å². The van der Waals surface area contributed by atoms with Crippen LogP contribution >= 0.6 is 0 Å². The van der Waals surface area contributed by atoms with Crippen molar-refractivity contribution in [1.82, 2.24) is 10.1 Å². The van der Waals surface area contributed by atoms with E-state index in [1.807, 2.05) is 44.2 Å². The third kappa shape index (κ3) is 2.64. The zero-order valence-electron chi connectivity index (χ0n) is 16.7. The molecule has 2 amide bonds. The van der Waals surface area contributed by atoms with Crippen LogP contribution < -0.4 is 4.90 Å². The molecule has 29 heavy (non-hydrogen) atoms. The van der Waals surface area contributed by atoms with Crippen LogP contribution in [-0.2, 0) is 20.9 Å². The summed E-state index contributed by atoms with van der Waals surface area (Å²) in [6.45, 7) is 4.82. The van der Waals surface area contributed by atoms with Crippen LogP contribution in [0.5, 0.6) is 0 Å². The molecular weight excluding hydrogens is 370 g/mol. The van der Waals surface area contributed by atoms with Crippen molar-refractivity contribution in [3.05, 3.63) is 59.5 Å². The summed E-state index contributed by atoms with van der Waals surface area (Å²) in [6.07, 6.45) is 5.09. The Morgan fingerprint density at radius 3 is 2.86 bits per heavy atom. The maximum Gasteiger partial charge on any atom is 0.234 e. The van der Waals surface area contributed by atoms with Gasteiger partial charge in [-0.25, -0.2) is 0 Å². The van der Waals surface area contributed by atoms with Crippen molar-refractivity contribution in [2.24, 2.45) is 11.8 Å². The number of carbonyl (C=O) groups excluding carboxylic acids is 2. The largest absolute Gasteiger partial charge is 0.360 e. The van der Waals surface area contributed by atoms with Crippen molar-refractivity contribution < 1.29 is 18.8 Å². The summed E-state index contributed by atoms with van der Waals surface area (Å²) < 4.78 is 11.3. The van der Waals surface area contributed by atoms with Gasteiger partial charge in [0, 0.05) is 18.8 Å². The SMILES string of the molecule is Cc1ccc(N2C[C@]34C=C[C@H](O3)[C@H](C(=O)N(C)Cc3ccno3)[C@H]4C2=O)cc1C. The fourth-order valence-corrected chi connectivity index (χ4v) is 4.78. The molecule has 4 heterocycles. The third-order valence-electron chi connectivity index (χ3n) is 6.45. The summed E-state index contributed by atoms with van der Waals surface area (Å²) in [7, 11) is 1.72. The van der Waals surface area contributed by atoms with Crippen LogP contribution in [0.3, 0.4) is 0 Å². The molecule has 2 fully saturated rings. The second-order valence-electron chi connectivity index (χ2n) is 8.27. The summed E-state index contributed by atoms with van der Waals surface area (Å²) in [5, 5.41) is 3.68. The van der Waals surface area contributed by atoms with Gasteiger partial charge in [-0.1, -0.05) is 23.4 Å². The highest BCUT2D eigenvalue weighted by Crippen LogP contribution is 2.53. The van der Waals surface area contributed by atoms with Gasteiger partial charge in [0.15, 0.2) is 5.76 Å². The Morgan fingerprint density at radius 2 is 2.14 bits per heavy atom. The highest BCUT2D eigenvalue weighted by molar-refractivity contribution is 6.03. The molecule has 0 N–H and O–H groups in total. The maximum absolute atomic E-state index is 13.4. The van der Waals surface area contributed by atoms with E-state index in [-0.39, 0.29) is 17.9 Å². The topological polar surface area (TPSA) is 75.9 Å². The summed E-state index contributed by atoms with van der Waals surface area (Å²) in [6, 6.07) is 7.73. The highest BCUT2D eigenvalue weighted by atomic mass is 16.5. The number of nitrogens with zero attached hydrogens (tertiary/aromatic N) is 3. The molecule has 0 saturated carbocycles. The minimum absolute atomic E-state index is 0.0495. The lowest BCUT2D eigenvalue weighted by Crippen LogP contribution is -2.44. The quantitative estimate of drug-likeness (QED) is 0.745. The first-order valence-electron chi connectivity index (χ1n) is 9.80. The van der Waals surface area contributed by atoms with Crippen LogP contribution in [0.4, 0.5) is 5.69 Å². The van der Waals surface area contributed by atoms with Gasteiger partial charge < -0.3 is 19.1 Å². The maximum atomic E-state index is 13.4. The molecule has 0 unspecified atom stereocenters. The fraction of sp³-hybridized carbons (Fsp3) is 0.409. The molecule has 1 aromatic heterocycles. The van der Waals surface area contributed by atoms with Crippen LogP contribution in [-0.4, -0.2) is 47.2 Å². The van der Waals surface area contributed by atoms with E-state index in [1.165, 1.54) is 5.56 Å². The molecule has 0 aliphatic carbocycles. The zero-order chi connectivity index (χ0) is 20.3. The van der Waals surface area contributed by atoms with Gasteiger partial charge in [-0.3, -0.25) is 9.59 Å². The average molecular weight is 393 g/mol. The minimum atomic E-state index is -0.728. The van der Waals surface area contributed by atoms with E-state index in [0.717, 1.165) is 11.3 Å². The summed E-state index contributed by atoms with van der Waals surface area (Å²) in [4.78, 5) is 30.1. The smallest absolute Gasteiger partial charge is 0.234 e.